The topological polar surface area (TPSA) is 86.4 Å². The van der Waals surface area contributed by atoms with Crippen molar-refractivity contribution in [1.82, 2.24) is 15.2 Å². The Bertz CT molecular complexity index is 761. The zero-order valence-corrected chi connectivity index (χ0v) is 15.4. The molecule has 0 spiro atoms. The van der Waals surface area contributed by atoms with Crippen LogP contribution in [0.5, 0.6) is 0 Å². The summed E-state index contributed by atoms with van der Waals surface area (Å²) in [7, 11) is 4.00. The van der Waals surface area contributed by atoms with E-state index in [9.17, 15) is 9.59 Å². The van der Waals surface area contributed by atoms with Crippen LogP contribution in [0.2, 0.25) is 0 Å². The SMILES string of the molecule is CC(=O)Nc1cccc(Nc2ccnc(C(=O)NCCCN(C)C)c2)c1. The summed E-state index contributed by atoms with van der Waals surface area (Å²) in [5, 5.41) is 8.83. The standard InChI is InChI=1S/C19H25N5O2/c1-14(25)22-15-6-4-7-16(12-15)23-17-8-10-20-18(13-17)19(26)21-9-5-11-24(2)3/h4,6-8,10,12-13H,5,9,11H2,1-3H3,(H,20,23)(H,21,26)(H,22,25). The highest BCUT2D eigenvalue weighted by Gasteiger charge is 2.08. The first-order valence-electron chi connectivity index (χ1n) is 8.47. The number of carbonyl (C=O) groups is 2. The van der Waals surface area contributed by atoms with Crippen molar-refractivity contribution in [3.05, 3.63) is 48.3 Å². The van der Waals surface area contributed by atoms with Crippen LogP contribution in [0.15, 0.2) is 42.6 Å². The van der Waals surface area contributed by atoms with Gasteiger partial charge in [-0.3, -0.25) is 14.6 Å². The van der Waals surface area contributed by atoms with E-state index in [1.165, 1.54) is 6.92 Å². The number of nitrogens with one attached hydrogen (secondary N) is 3. The van der Waals surface area contributed by atoms with Gasteiger partial charge >= 0.3 is 0 Å². The van der Waals surface area contributed by atoms with Crippen LogP contribution in [0.4, 0.5) is 17.1 Å². The number of carbonyl (C=O) groups excluding carboxylic acids is 2. The van der Waals surface area contributed by atoms with E-state index < -0.39 is 0 Å². The lowest BCUT2D eigenvalue weighted by molar-refractivity contribution is -0.114. The average molecular weight is 355 g/mol. The van der Waals surface area contributed by atoms with Gasteiger partial charge in [0, 0.05) is 36.7 Å². The second kappa shape index (κ2) is 9.53. The molecule has 1 aromatic carbocycles. The molecule has 0 saturated heterocycles. The van der Waals surface area contributed by atoms with E-state index in [2.05, 4.69) is 25.8 Å². The van der Waals surface area contributed by atoms with Gasteiger partial charge in [0.05, 0.1) is 0 Å². The summed E-state index contributed by atoms with van der Waals surface area (Å²) in [6.45, 7) is 2.99. The molecule has 7 heteroatoms. The van der Waals surface area contributed by atoms with Gasteiger partial charge in [-0.15, -0.1) is 0 Å². The van der Waals surface area contributed by atoms with E-state index in [1.807, 2.05) is 38.4 Å². The number of pyridine rings is 1. The van der Waals surface area contributed by atoms with Gasteiger partial charge in [-0.2, -0.15) is 0 Å². The van der Waals surface area contributed by atoms with Gasteiger partial charge in [0.2, 0.25) is 5.91 Å². The van der Waals surface area contributed by atoms with Gasteiger partial charge in [-0.25, -0.2) is 0 Å². The normalized spacial score (nSPS) is 10.5. The maximum atomic E-state index is 12.2. The van der Waals surface area contributed by atoms with Gasteiger partial charge in [0.15, 0.2) is 0 Å². The predicted molar refractivity (Wildman–Crippen MR) is 104 cm³/mol. The molecule has 3 N–H and O–H groups in total. The molecule has 1 heterocycles. The van der Waals surface area contributed by atoms with Crippen molar-refractivity contribution in [3.63, 3.8) is 0 Å². The molecule has 0 radical (unpaired) electrons. The van der Waals surface area contributed by atoms with Crippen molar-refractivity contribution < 1.29 is 9.59 Å². The van der Waals surface area contributed by atoms with Crippen LogP contribution < -0.4 is 16.0 Å². The summed E-state index contributed by atoms with van der Waals surface area (Å²) in [4.78, 5) is 29.6. The third kappa shape index (κ3) is 6.52. The summed E-state index contributed by atoms with van der Waals surface area (Å²) >= 11 is 0. The molecule has 0 aliphatic carbocycles. The van der Waals surface area contributed by atoms with Crippen LogP contribution >= 0.6 is 0 Å². The second-order valence-electron chi connectivity index (χ2n) is 6.23. The number of hydrogen-bond donors (Lipinski definition) is 3. The molecular formula is C19H25N5O2. The molecule has 1 aromatic heterocycles. The minimum Gasteiger partial charge on any atom is -0.355 e. The van der Waals surface area contributed by atoms with E-state index >= 15 is 0 Å². The van der Waals surface area contributed by atoms with Crippen LogP contribution in [0.3, 0.4) is 0 Å². The lowest BCUT2D eigenvalue weighted by Crippen LogP contribution is -2.27. The summed E-state index contributed by atoms with van der Waals surface area (Å²) in [5.41, 5.74) is 2.62. The van der Waals surface area contributed by atoms with E-state index in [4.69, 9.17) is 0 Å². The second-order valence-corrected chi connectivity index (χ2v) is 6.23. The summed E-state index contributed by atoms with van der Waals surface area (Å²) in [6.07, 6.45) is 2.47. The molecule has 0 aliphatic rings. The molecule has 0 unspecified atom stereocenters. The number of benzene rings is 1. The lowest BCUT2D eigenvalue weighted by atomic mass is 10.2. The fraction of sp³-hybridized carbons (Fsp3) is 0.316. The van der Waals surface area contributed by atoms with Crippen molar-refractivity contribution in [3.8, 4) is 0 Å². The highest BCUT2D eigenvalue weighted by Crippen LogP contribution is 2.20. The fourth-order valence-corrected chi connectivity index (χ4v) is 2.36. The maximum absolute atomic E-state index is 12.2. The van der Waals surface area contributed by atoms with Crippen LogP contribution in [0.25, 0.3) is 0 Å². The summed E-state index contributed by atoms with van der Waals surface area (Å²) in [6, 6.07) is 10.8. The minimum absolute atomic E-state index is 0.126. The number of nitrogens with zero attached hydrogens (tertiary/aromatic N) is 2. The zero-order valence-electron chi connectivity index (χ0n) is 15.4. The van der Waals surface area contributed by atoms with Gasteiger partial charge < -0.3 is 20.9 Å². The molecular weight excluding hydrogens is 330 g/mol. The quantitative estimate of drug-likeness (QED) is 0.633. The Morgan fingerprint density at radius 1 is 1.08 bits per heavy atom. The molecule has 138 valence electrons. The number of amides is 2. The van der Waals surface area contributed by atoms with Gasteiger partial charge in [0.25, 0.3) is 5.91 Å². The van der Waals surface area contributed by atoms with Gasteiger partial charge in [0.1, 0.15) is 5.69 Å². The Morgan fingerprint density at radius 3 is 2.54 bits per heavy atom. The Labute approximate surface area is 153 Å². The van der Waals surface area contributed by atoms with Crippen LogP contribution in [-0.2, 0) is 4.79 Å². The van der Waals surface area contributed by atoms with Gasteiger partial charge in [-0.1, -0.05) is 6.07 Å². The maximum Gasteiger partial charge on any atom is 0.269 e. The average Bonchev–Trinajstić information content (AvgIpc) is 2.58. The molecule has 26 heavy (non-hydrogen) atoms. The molecule has 2 amide bonds. The molecule has 0 aliphatic heterocycles. The smallest absolute Gasteiger partial charge is 0.269 e. The Morgan fingerprint density at radius 2 is 1.81 bits per heavy atom. The molecule has 0 bridgehead atoms. The predicted octanol–water partition coefficient (Wildman–Crippen LogP) is 2.47. The third-order valence-corrected chi connectivity index (χ3v) is 3.53. The van der Waals surface area contributed by atoms with Crippen molar-refractivity contribution in [2.24, 2.45) is 0 Å². The van der Waals surface area contributed by atoms with Crippen LogP contribution in [-0.4, -0.2) is 48.9 Å². The lowest BCUT2D eigenvalue weighted by Gasteiger charge is -2.11. The Kier molecular flexibility index (Phi) is 7.11. The first-order valence-corrected chi connectivity index (χ1v) is 8.47. The van der Waals surface area contributed by atoms with Gasteiger partial charge in [-0.05, 0) is 57.4 Å². The van der Waals surface area contributed by atoms with E-state index in [-0.39, 0.29) is 11.8 Å². The minimum atomic E-state index is -0.195. The van der Waals surface area contributed by atoms with Crippen LogP contribution in [0.1, 0.15) is 23.8 Å². The molecule has 0 fully saturated rings. The largest absolute Gasteiger partial charge is 0.355 e. The molecule has 7 nitrogen and oxygen atoms in total. The monoisotopic (exact) mass is 355 g/mol. The summed E-state index contributed by atoms with van der Waals surface area (Å²) in [5.74, 6) is -0.321. The number of hydrogen-bond acceptors (Lipinski definition) is 5. The summed E-state index contributed by atoms with van der Waals surface area (Å²) < 4.78 is 0. The van der Waals surface area contributed by atoms with E-state index in [0.717, 1.165) is 24.3 Å². The van der Waals surface area contributed by atoms with E-state index in [0.29, 0.717) is 17.9 Å². The number of aromatic nitrogens is 1. The first kappa shape index (κ1) is 19.4. The Balaban J connectivity index is 1.98. The van der Waals surface area contributed by atoms with E-state index in [1.54, 1.807) is 18.3 Å². The molecule has 0 atom stereocenters. The van der Waals surface area contributed by atoms with Crippen molar-refractivity contribution in [2.45, 2.75) is 13.3 Å². The number of rotatable bonds is 8. The van der Waals surface area contributed by atoms with Crippen molar-refractivity contribution >= 4 is 28.9 Å². The van der Waals surface area contributed by atoms with Crippen LogP contribution in [0, 0.1) is 0 Å². The third-order valence-electron chi connectivity index (χ3n) is 3.53. The highest BCUT2D eigenvalue weighted by molar-refractivity contribution is 5.93. The molecule has 2 rings (SSSR count). The first-order chi connectivity index (χ1) is 12.4. The molecule has 2 aromatic rings. The molecule has 0 saturated carbocycles. The zero-order chi connectivity index (χ0) is 18.9. The van der Waals surface area contributed by atoms with Crippen molar-refractivity contribution in [1.29, 1.82) is 0 Å². The van der Waals surface area contributed by atoms with Crippen molar-refractivity contribution in [2.75, 3.05) is 37.8 Å². The Hall–Kier alpha value is -2.93. The number of anilines is 3. The highest BCUT2D eigenvalue weighted by atomic mass is 16.2. The fourth-order valence-electron chi connectivity index (χ4n) is 2.36.